The molecular formula is C19H23FN2O3. The van der Waals surface area contributed by atoms with Crippen LogP contribution in [0.2, 0.25) is 0 Å². The van der Waals surface area contributed by atoms with Crippen LogP contribution in [0.4, 0.5) is 4.39 Å². The van der Waals surface area contributed by atoms with Gasteiger partial charge in [-0.05, 0) is 49.7 Å². The van der Waals surface area contributed by atoms with Gasteiger partial charge in [-0.25, -0.2) is 4.39 Å². The SMILES string of the molecule is CC(C)Oc1cccc(CNC(=O)c2cc(F)ccc2OCCN)c1. The van der Waals surface area contributed by atoms with Crippen molar-refractivity contribution in [3.63, 3.8) is 0 Å². The number of ether oxygens (including phenoxy) is 2. The normalized spacial score (nSPS) is 10.6. The molecule has 6 heteroatoms. The van der Waals surface area contributed by atoms with Crippen molar-refractivity contribution in [2.45, 2.75) is 26.5 Å². The van der Waals surface area contributed by atoms with Crippen LogP contribution in [-0.4, -0.2) is 25.2 Å². The first-order chi connectivity index (χ1) is 12.0. The smallest absolute Gasteiger partial charge is 0.255 e. The third kappa shape index (κ3) is 5.76. The Morgan fingerprint density at radius 1 is 1.24 bits per heavy atom. The third-order valence-electron chi connectivity index (χ3n) is 3.28. The van der Waals surface area contributed by atoms with Gasteiger partial charge in [-0.1, -0.05) is 12.1 Å². The molecule has 2 rings (SSSR count). The third-order valence-corrected chi connectivity index (χ3v) is 3.28. The number of carbonyl (C=O) groups excluding carboxylic acids is 1. The molecule has 0 heterocycles. The minimum atomic E-state index is -0.502. The second-order valence-electron chi connectivity index (χ2n) is 5.77. The minimum Gasteiger partial charge on any atom is -0.491 e. The molecule has 0 aliphatic carbocycles. The number of halogens is 1. The highest BCUT2D eigenvalue weighted by Gasteiger charge is 2.14. The molecule has 5 nitrogen and oxygen atoms in total. The summed E-state index contributed by atoms with van der Waals surface area (Å²) in [6.45, 7) is 4.74. The Labute approximate surface area is 146 Å². The van der Waals surface area contributed by atoms with Gasteiger partial charge in [-0.3, -0.25) is 4.79 Å². The van der Waals surface area contributed by atoms with Gasteiger partial charge in [-0.15, -0.1) is 0 Å². The molecule has 2 aromatic carbocycles. The van der Waals surface area contributed by atoms with Crippen LogP contribution in [0.3, 0.4) is 0 Å². The zero-order chi connectivity index (χ0) is 18.2. The molecule has 0 fully saturated rings. The van der Waals surface area contributed by atoms with Crippen molar-refractivity contribution in [3.8, 4) is 11.5 Å². The summed E-state index contributed by atoms with van der Waals surface area (Å²) in [4.78, 5) is 12.4. The van der Waals surface area contributed by atoms with Gasteiger partial charge in [0.2, 0.25) is 0 Å². The van der Waals surface area contributed by atoms with Gasteiger partial charge in [0.15, 0.2) is 0 Å². The van der Waals surface area contributed by atoms with Crippen molar-refractivity contribution in [1.82, 2.24) is 5.32 Å². The predicted octanol–water partition coefficient (Wildman–Crippen LogP) is 2.88. The van der Waals surface area contributed by atoms with Crippen molar-refractivity contribution in [3.05, 3.63) is 59.4 Å². The van der Waals surface area contributed by atoms with E-state index in [0.29, 0.717) is 18.8 Å². The Morgan fingerprint density at radius 3 is 2.76 bits per heavy atom. The van der Waals surface area contributed by atoms with E-state index in [2.05, 4.69) is 5.32 Å². The molecule has 0 radical (unpaired) electrons. The van der Waals surface area contributed by atoms with Crippen LogP contribution in [0.25, 0.3) is 0 Å². The number of amides is 1. The van der Waals surface area contributed by atoms with E-state index >= 15 is 0 Å². The fraction of sp³-hybridized carbons (Fsp3) is 0.316. The van der Waals surface area contributed by atoms with E-state index in [9.17, 15) is 9.18 Å². The Morgan fingerprint density at radius 2 is 2.04 bits per heavy atom. The molecule has 0 spiro atoms. The highest BCUT2D eigenvalue weighted by Crippen LogP contribution is 2.20. The number of hydrogen-bond donors (Lipinski definition) is 2. The molecule has 0 aliphatic heterocycles. The van der Waals surface area contributed by atoms with Crippen molar-refractivity contribution in [2.75, 3.05) is 13.2 Å². The van der Waals surface area contributed by atoms with Gasteiger partial charge in [0.25, 0.3) is 5.91 Å². The van der Waals surface area contributed by atoms with Crippen LogP contribution in [0.1, 0.15) is 29.8 Å². The van der Waals surface area contributed by atoms with Gasteiger partial charge >= 0.3 is 0 Å². The Bertz CT molecular complexity index is 720. The first-order valence-electron chi connectivity index (χ1n) is 8.16. The summed E-state index contributed by atoms with van der Waals surface area (Å²) in [7, 11) is 0. The molecule has 0 unspecified atom stereocenters. The highest BCUT2D eigenvalue weighted by atomic mass is 19.1. The predicted molar refractivity (Wildman–Crippen MR) is 94.3 cm³/mol. The molecule has 1 amide bonds. The number of rotatable bonds is 8. The van der Waals surface area contributed by atoms with E-state index in [0.717, 1.165) is 17.4 Å². The monoisotopic (exact) mass is 346 g/mol. The lowest BCUT2D eigenvalue weighted by atomic mass is 10.1. The molecule has 0 aliphatic rings. The van der Waals surface area contributed by atoms with Crippen molar-refractivity contribution < 1.29 is 18.7 Å². The van der Waals surface area contributed by atoms with Crippen LogP contribution in [-0.2, 0) is 6.54 Å². The van der Waals surface area contributed by atoms with E-state index in [1.165, 1.54) is 12.1 Å². The van der Waals surface area contributed by atoms with Gasteiger partial charge in [0.05, 0.1) is 11.7 Å². The van der Waals surface area contributed by atoms with Crippen LogP contribution < -0.4 is 20.5 Å². The Kier molecular flexibility index (Phi) is 6.77. The average Bonchev–Trinajstić information content (AvgIpc) is 2.58. The maximum absolute atomic E-state index is 13.5. The van der Waals surface area contributed by atoms with Crippen molar-refractivity contribution in [2.24, 2.45) is 5.73 Å². The number of nitrogens with two attached hydrogens (primary N) is 1. The first-order valence-corrected chi connectivity index (χ1v) is 8.16. The molecule has 0 saturated heterocycles. The van der Waals surface area contributed by atoms with Crippen LogP contribution in [0, 0.1) is 5.82 Å². The quantitative estimate of drug-likeness (QED) is 0.771. The maximum Gasteiger partial charge on any atom is 0.255 e. The fourth-order valence-corrected chi connectivity index (χ4v) is 2.25. The van der Waals surface area contributed by atoms with E-state index in [4.69, 9.17) is 15.2 Å². The summed E-state index contributed by atoms with van der Waals surface area (Å²) >= 11 is 0. The molecule has 25 heavy (non-hydrogen) atoms. The zero-order valence-corrected chi connectivity index (χ0v) is 14.4. The largest absolute Gasteiger partial charge is 0.491 e. The standard InChI is InChI=1S/C19H23FN2O3/c1-13(2)25-16-5-3-4-14(10-16)12-22-19(23)17-11-15(20)6-7-18(17)24-9-8-21/h3-7,10-11,13H,8-9,12,21H2,1-2H3,(H,22,23). The average molecular weight is 346 g/mol. The van der Waals surface area contributed by atoms with E-state index < -0.39 is 11.7 Å². The van der Waals surface area contributed by atoms with E-state index in [-0.39, 0.29) is 18.3 Å². The Hall–Kier alpha value is -2.60. The topological polar surface area (TPSA) is 73.6 Å². The second kappa shape index (κ2) is 9.03. The van der Waals surface area contributed by atoms with Crippen LogP contribution in [0.5, 0.6) is 11.5 Å². The molecule has 3 N–H and O–H groups in total. The lowest BCUT2D eigenvalue weighted by Gasteiger charge is -2.13. The lowest BCUT2D eigenvalue weighted by Crippen LogP contribution is -2.24. The van der Waals surface area contributed by atoms with E-state index in [1.54, 1.807) is 0 Å². The van der Waals surface area contributed by atoms with Gasteiger partial charge < -0.3 is 20.5 Å². The number of carbonyl (C=O) groups is 1. The molecule has 0 bridgehead atoms. The zero-order valence-electron chi connectivity index (χ0n) is 14.4. The summed E-state index contributed by atoms with van der Waals surface area (Å²) in [6.07, 6.45) is 0.0689. The summed E-state index contributed by atoms with van der Waals surface area (Å²) < 4.78 is 24.5. The lowest BCUT2D eigenvalue weighted by molar-refractivity contribution is 0.0946. The van der Waals surface area contributed by atoms with Crippen molar-refractivity contribution >= 4 is 5.91 Å². The molecular weight excluding hydrogens is 323 g/mol. The van der Waals surface area contributed by atoms with Crippen LogP contribution in [0.15, 0.2) is 42.5 Å². The molecule has 134 valence electrons. The van der Waals surface area contributed by atoms with Gasteiger partial charge in [0.1, 0.15) is 23.9 Å². The number of nitrogens with one attached hydrogen (secondary N) is 1. The summed E-state index contributed by atoms with van der Waals surface area (Å²) in [5.74, 6) is 0.125. The Balaban J connectivity index is 2.06. The summed E-state index contributed by atoms with van der Waals surface area (Å²) in [6, 6.07) is 11.3. The first kappa shape index (κ1) is 18.7. The van der Waals surface area contributed by atoms with Gasteiger partial charge in [0, 0.05) is 13.1 Å². The van der Waals surface area contributed by atoms with Crippen LogP contribution >= 0.6 is 0 Å². The molecule has 0 aromatic heterocycles. The molecule has 2 aromatic rings. The van der Waals surface area contributed by atoms with Gasteiger partial charge in [-0.2, -0.15) is 0 Å². The van der Waals surface area contributed by atoms with E-state index in [1.807, 2.05) is 38.1 Å². The highest BCUT2D eigenvalue weighted by molar-refractivity contribution is 5.96. The molecule has 0 saturated carbocycles. The number of hydrogen-bond acceptors (Lipinski definition) is 4. The second-order valence-corrected chi connectivity index (χ2v) is 5.77. The maximum atomic E-state index is 13.5. The summed E-state index contributed by atoms with van der Waals surface area (Å²) in [5, 5.41) is 2.77. The summed E-state index contributed by atoms with van der Waals surface area (Å²) in [5.41, 5.74) is 6.43. The molecule has 0 atom stereocenters. The minimum absolute atomic E-state index is 0.0689. The fourth-order valence-electron chi connectivity index (χ4n) is 2.25. The number of benzene rings is 2. The van der Waals surface area contributed by atoms with Crippen molar-refractivity contribution in [1.29, 1.82) is 0 Å².